The highest BCUT2D eigenvalue weighted by molar-refractivity contribution is 5.85. The van der Waals surface area contributed by atoms with Crippen LogP contribution in [0.1, 0.15) is 23.7 Å². The van der Waals surface area contributed by atoms with Gasteiger partial charge in [0.15, 0.2) is 0 Å². The highest BCUT2D eigenvalue weighted by Crippen LogP contribution is 2.27. The second-order valence-electron chi connectivity index (χ2n) is 3.68. The summed E-state index contributed by atoms with van der Waals surface area (Å²) in [6, 6.07) is 9.93. The van der Waals surface area contributed by atoms with E-state index in [0.29, 0.717) is 6.42 Å². The van der Waals surface area contributed by atoms with Gasteiger partial charge in [0.05, 0.1) is 12.5 Å². The van der Waals surface area contributed by atoms with Gasteiger partial charge < -0.3 is 10.7 Å². The lowest BCUT2D eigenvalue weighted by molar-refractivity contribution is 0.748. The fourth-order valence-corrected chi connectivity index (χ4v) is 1.98. The number of para-hydroxylation sites is 1. The number of hydrogen-bond acceptors (Lipinski definition) is 2. The lowest BCUT2D eigenvalue weighted by atomic mass is 10.0. The van der Waals surface area contributed by atoms with Crippen molar-refractivity contribution in [2.75, 3.05) is 0 Å². The van der Waals surface area contributed by atoms with Gasteiger partial charge in [-0.05, 0) is 18.6 Å². The highest BCUT2D eigenvalue weighted by atomic mass is 14.7. The molecule has 3 heteroatoms. The highest BCUT2D eigenvalue weighted by Gasteiger charge is 2.14. The molecule has 0 amide bonds. The molecule has 0 saturated carbocycles. The average molecular weight is 199 g/mol. The Bertz CT molecular complexity index is 519. The number of H-pyrrole nitrogens is 1. The summed E-state index contributed by atoms with van der Waals surface area (Å²) in [6.45, 7) is 1.99. The van der Waals surface area contributed by atoms with Gasteiger partial charge in [-0.15, -0.1) is 0 Å². The first-order chi connectivity index (χ1) is 7.24. The molecular formula is C12H13N3. The summed E-state index contributed by atoms with van der Waals surface area (Å²) >= 11 is 0. The van der Waals surface area contributed by atoms with Crippen LogP contribution in [0.5, 0.6) is 0 Å². The van der Waals surface area contributed by atoms with E-state index in [2.05, 4.69) is 11.1 Å². The van der Waals surface area contributed by atoms with E-state index in [-0.39, 0.29) is 6.04 Å². The van der Waals surface area contributed by atoms with Crippen molar-refractivity contribution >= 4 is 10.9 Å². The van der Waals surface area contributed by atoms with E-state index in [4.69, 9.17) is 11.0 Å². The zero-order valence-corrected chi connectivity index (χ0v) is 8.62. The van der Waals surface area contributed by atoms with Crippen molar-refractivity contribution in [3.05, 3.63) is 35.5 Å². The number of aryl methyl sites for hydroxylation is 1. The monoisotopic (exact) mass is 199 g/mol. The van der Waals surface area contributed by atoms with Crippen LogP contribution in [0.3, 0.4) is 0 Å². The van der Waals surface area contributed by atoms with Crippen LogP contribution in [0, 0.1) is 18.3 Å². The third kappa shape index (κ3) is 1.60. The van der Waals surface area contributed by atoms with Gasteiger partial charge in [-0.1, -0.05) is 18.2 Å². The minimum absolute atomic E-state index is 0.203. The van der Waals surface area contributed by atoms with E-state index < -0.39 is 0 Å². The molecule has 0 aliphatic carbocycles. The van der Waals surface area contributed by atoms with E-state index in [9.17, 15) is 0 Å². The summed E-state index contributed by atoms with van der Waals surface area (Å²) in [5.41, 5.74) is 9.17. The second kappa shape index (κ2) is 3.76. The van der Waals surface area contributed by atoms with Gasteiger partial charge >= 0.3 is 0 Å². The van der Waals surface area contributed by atoms with E-state index in [0.717, 1.165) is 22.2 Å². The SMILES string of the molecule is Cc1[nH]c2ccccc2c1[C@H](N)CC#N. The van der Waals surface area contributed by atoms with Crippen molar-refractivity contribution < 1.29 is 0 Å². The third-order valence-electron chi connectivity index (χ3n) is 2.63. The average Bonchev–Trinajstić information content (AvgIpc) is 2.54. The van der Waals surface area contributed by atoms with Crippen molar-refractivity contribution in [3.8, 4) is 6.07 Å². The molecule has 3 N–H and O–H groups in total. The smallest absolute Gasteiger partial charge is 0.0641 e. The Balaban J connectivity index is 2.59. The van der Waals surface area contributed by atoms with Crippen molar-refractivity contribution in [1.29, 1.82) is 5.26 Å². The molecule has 1 aromatic carbocycles. The van der Waals surface area contributed by atoms with Crippen molar-refractivity contribution in [3.63, 3.8) is 0 Å². The molecule has 2 aromatic rings. The minimum atomic E-state index is -0.203. The van der Waals surface area contributed by atoms with Gasteiger partial charge in [0.1, 0.15) is 0 Å². The zero-order valence-electron chi connectivity index (χ0n) is 8.62. The third-order valence-corrected chi connectivity index (χ3v) is 2.63. The molecule has 0 saturated heterocycles. The molecule has 0 unspecified atom stereocenters. The Labute approximate surface area is 88.5 Å². The van der Waals surface area contributed by atoms with Crippen LogP contribution in [0.2, 0.25) is 0 Å². The molecule has 3 nitrogen and oxygen atoms in total. The van der Waals surface area contributed by atoms with Gasteiger partial charge in [-0.2, -0.15) is 5.26 Å². The fraction of sp³-hybridized carbons (Fsp3) is 0.250. The minimum Gasteiger partial charge on any atom is -0.358 e. The molecule has 2 rings (SSSR count). The van der Waals surface area contributed by atoms with Gasteiger partial charge in [-0.3, -0.25) is 0 Å². The van der Waals surface area contributed by atoms with E-state index in [1.54, 1.807) is 0 Å². The molecule has 0 bridgehead atoms. The maximum atomic E-state index is 8.66. The first kappa shape index (κ1) is 9.75. The van der Waals surface area contributed by atoms with Gasteiger partial charge in [-0.25, -0.2) is 0 Å². The number of nitrogens with zero attached hydrogens (tertiary/aromatic N) is 1. The topological polar surface area (TPSA) is 65.6 Å². The molecule has 76 valence electrons. The van der Waals surface area contributed by atoms with Crippen molar-refractivity contribution in [1.82, 2.24) is 4.98 Å². The quantitative estimate of drug-likeness (QED) is 0.779. The molecule has 1 aromatic heterocycles. The van der Waals surface area contributed by atoms with Gasteiger partial charge in [0.2, 0.25) is 0 Å². The molecule has 1 heterocycles. The Morgan fingerprint density at radius 1 is 1.47 bits per heavy atom. The summed E-state index contributed by atoms with van der Waals surface area (Å²) in [5, 5.41) is 9.78. The number of fused-ring (bicyclic) bond motifs is 1. The second-order valence-corrected chi connectivity index (χ2v) is 3.68. The number of benzene rings is 1. The maximum Gasteiger partial charge on any atom is 0.0641 e. The molecule has 0 aliphatic heterocycles. The Morgan fingerprint density at radius 2 is 2.20 bits per heavy atom. The van der Waals surface area contributed by atoms with Crippen LogP contribution < -0.4 is 5.73 Å². The molecule has 0 aliphatic rings. The molecule has 0 fully saturated rings. The molecule has 1 atom stereocenters. The number of aromatic nitrogens is 1. The summed E-state index contributed by atoms with van der Waals surface area (Å²) in [5.74, 6) is 0. The molecular weight excluding hydrogens is 186 g/mol. The molecule has 15 heavy (non-hydrogen) atoms. The largest absolute Gasteiger partial charge is 0.358 e. The predicted octanol–water partition coefficient (Wildman–Crippen LogP) is 2.39. The summed E-state index contributed by atoms with van der Waals surface area (Å²) in [4.78, 5) is 3.28. The lowest BCUT2D eigenvalue weighted by Crippen LogP contribution is -2.09. The van der Waals surface area contributed by atoms with Crippen LogP contribution in [0.4, 0.5) is 0 Å². The van der Waals surface area contributed by atoms with Gasteiger partial charge in [0, 0.05) is 22.6 Å². The van der Waals surface area contributed by atoms with E-state index in [1.807, 2.05) is 31.2 Å². The lowest BCUT2D eigenvalue weighted by Gasteiger charge is -2.07. The normalized spacial score (nSPS) is 12.6. The van der Waals surface area contributed by atoms with Crippen LogP contribution >= 0.6 is 0 Å². The Morgan fingerprint density at radius 3 is 2.93 bits per heavy atom. The number of nitriles is 1. The first-order valence-corrected chi connectivity index (χ1v) is 4.93. The molecule has 0 radical (unpaired) electrons. The van der Waals surface area contributed by atoms with Crippen LogP contribution in [0.25, 0.3) is 10.9 Å². The van der Waals surface area contributed by atoms with E-state index in [1.165, 1.54) is 0 Å². The summed E-state index contributed by atoms with van der Waals surface area (Å²) < 4.78 is 0. The number of nitrogens with one attached hydrogen (secondary N) is 1. The Kier molecular flexibility index (Phi) is 2.44. The Hall–Kier alpha value is -1.79. The van der Waals surface area contributed by atoms with E-state index >= 15 is 0 Å². The standard InChI is InChI=1S/C12H13N3/c1-8-12(10(14)6-7-13)9-4-2-3-5-11(9)15-8/h2-5,10,15H,6,14H2,1H3/t10-/m1/s1. The van der Waals surface area contributed by atoms with Crippen LogP contribution in [-0.2, 0) is 0 Å². The molecule has 0 spiro atoms. The summed E-state index contributed by atoms with van der Waals surface area (Å²) in [6.07, 6.45) is 0.350. The van der Waals surface area contributed by atoms with Crippen LogP contribution in [-0.4, -0.2) is 4.98 Å². The number of rotatable bonds is 2. The summed E-state index contributed by atoms with van der Waals surface area (Å²) in [7, 11) is 0. The van der Waals surface area contributed by atoms with Gasteiger partial charge in [0.25, 0.3) is 0 Å². The van der Waals surface area contributed by atoms with Crippen LogP contribution in [0.15, 0.2) is 24.3 Å². The zero-order chi connectivity index (χ0) is 10.8. The number of nitrogens with two attached hydrogens (primary N) is 1. The number of hydrogen-bond donors (Lipinski definition) is 2. The maximum absolute atomic E-state index is 8.66. The van der Waals surface area contributed by atoms with Crippen molar-refractivity contribution in [2.24, 2.45) is 5.73 Å². The predicted molar refractivity (Wildman–Crippen MR) is 60.2 cm³/mol. The first-order valence-electron chi connectivity index (χ1n) is 4.93. The fourth-order valence-electron chi connectivity index (χ4n) is 1.98. The van der Waals surface area contributed by atoms with Crippen molar-refractivity contribution in [2.45, 2.75) is 19.4 Å². The number of aromatic amines is 1.